The first kappa shape index (κ1) is 19.3. The summed E-state index contributed by atoms with van der Waals surface area (Å²) in [6.45, 7) is 5.69. The van der Waals surface area contributed by atoms with E-state index in [9.17, 15) is 9.59 Å². The van der Waals surface area contributed by atoms with Gasteiger partial charge in [0.1, 0.15) is 11.5 Å². The molecule has 0 unspecified atom stereocenters. The molecule has 2 aromatic carbocycles. The largest absolute Gasteiger partial charge is 0.495 e. The molecule has 2 aromatic rings. The molecule has 0 aliphatic rings. The van der Waals surface area contributed by atoms with Crippen LogP contribution < -0.4 is 20.1 Å². The number of amides is 2. The molecule has 0 aliphatic heterocycles. The predicted octanol–water partition coefficient (Wildman–Crippen LogP) is 3.68. The maximum Gasteiger partial charge on any atom is 0.227 e. The predicted molar refractivity (Wildman–Crippen MR) is 102 cm³/mol. The number of hydrogen-bond donors (Lipinski definition) is 2. The molecule has 0 bridgehead atoms. The number of nitrogens with one attached hydrogen (secondary N) is 2. The van der Waals surface area contributed by atoms with E-state index in [0.717, 1.165) is 16.9 Å². The van der Waals surface area contributed by atoms with Crippen LogP contribution in [-0.4, -0.2) is 25.5 Å². The van der Waals surface area contributed by atoms with Crippen molar-refractivity contribution in [2.45, 2.75) is 27.2 Å². The number of aryl methyl sites for hydroxylation is 2. The molecule has 0 aromatic heterocycles. The number of anilines is 2. The Kier molecular flexibility index (Phi) is 6.60. The molecule has 0 heterocycles. The molecule has 0 spiro atoms. The average Bonchev–Trinajstić information content (AvgIpc) is 2.53. The molecule has 0 aliphatic carbocycles. The Labute approximate surface area is 153 Å². The second kappa shape index (κ2) is 8.89. The summed E-state index contributed by atoms with van der Waals surface area (Å²) in [5.41, 5.74) is 3.31. The normalized spacial score (nSPS) is 10.2. The summed E-state index contributed by atoms with van der Waals surface area (Å²) in [5, 5.41) is 5.46. The highest BCUT2D eigenvalue weighted by Gasteiger charge is 2.10. The zero-order chi connectivity index (χ0) is 19.1. The van der Waals surface area contributed by atoms with Crippen LogP contribution in [0.25, 0.3) is 0 Å². The lowest BCUT2D eigenvalue weighted by Gasteiger charge is -2.13. The van der Waals surface area contributed by atoms with Gasteiger partial charge in [-0.2, -0.15) is 0 Å². The Morgan fingerprint density at radius 1 is 1.00 bits per heavy atom. The van der Waals surface area contributed by atoms with Crippen LogP contribution in [0, 0.1) is 13.8 Å². The molecule has 0 radical (unpaired) electrons. The van der Waals surface area contributed by atoms with Crippen molar-refractivity contribution in [1.29, 1.82) is 0 Å². The minimum atomic E-state index is -0.201. The lowest BCUT2D eigenvalue weighted by molar-refractivity contribution is -0.116. The molecule has 2 rings (SSSR count). The van der Waals surface area contributed by atoms with E-state index in [4.69, 9.17) is 9.47 Å². The van der Waals surface area contributed by atoms with Crippen molar-refractivity contribution < 1.29 is 19.1 Å². The van der Waals surface area contributed by atoms with E-state index in [1.165, 1.54) is 14.0 Å². The Bertz CT molecular complexity index is 782. The number of methoxy groups -OCH3 is 1. The molecule has 6 heteroatoms. The van der Waals surface area contributed by atoms with Crippen LogP contribution in [0.5, 0.6) is 11.5 Å². The molecule has 0 atom stereocenters. The van der Waals surface area contributed by atoms with Gasteiger partial charge in [0, 0.05) is 12.6 Å². The van der Waals surface area contributed by atoms with Crippen LogP contribution in [0.4, 0.5) is 11.4 Å². The number of rotatable bonds is 7. The highest BCUT2D eigenvalue weighted by molar-refractivity contribution is 5.95. The summed E-state index contributed by atoms with van der Waals surface area (Å²) in [5.74, 6) is 0.880. The Morgan fingerprint density at radius 3 is 2.31 bits per heavy atom. The summed E-state index contributed by atoms with van der Waals surface area (Å²) in [4.78, 5) is 23.4. The number of ether oxygens (including phenoxy) is 2. The molecule has 2 N–H and O–H groups in total. The summed E-state index contributed by atoms with van der Waals surface area (Å²) in [6.07, 6.45) is 0.195. The first-order valence-corrected chi connectivity index (χ1v) is 8.34. The molecule has 0 fully saturated rings. The molecule has 0 saturated carbocycles. The third-order valence-corrected chi connectivity index (χ3v) is 3.59. The van der Waals surface area contributed by atoms with Crippen molar-refractivity contribution in [3.05, 3.63) is 47.5 Å². The van der Waals surface area contributed by atoms with Crippen LogP contribution in [0.1, 0.15) is 24.5 Å². The van der Waals surface area contributed by atoms with E-state index in [0.29, 0.717) is 17.1 Å². The van der Waals surface area contributed by atoms with Gasteiger partial charge in [0.05, 0.1) is 25.8 Å². The van der Waals surface area contributed by atoms with E-state index in [1.54, 1.807) is 18.2 Å². The molecular weight excluding hydrogens is 332 g/mol. The molecule has 2 amide bonds. The fraction of sp³-hybridized carbons (Fsp3) is 0.300. The average molecular weight is 356 g/mol. The van der Waals surface area contributed by atoms with Gasteiger partial charge in [-0.25, -0.2) is 0 Å². The van der Waals surface area contributed by atoms with Gasteiger partial charge in [0.15, 0.2) is 0 Å². The highest BCUT2D eigenvalue weighted by atomic mass is 16.5. The van der Waals surface area contributed by atoms with Gasteiger partial charge >= 0.3 is 0 Å². The van der Waals surface area contributed by atoms with Crippen LogP contribution >= 0.6 is 0 Å². The van der Waals surface area contributed by atoms with Crippen molar-refractivity contribution in [2.24, 2.45) is 0 Å². The van der Waals surface area contributed by atoms with Gasteiger partial charge in [-0.3, -0.25) is 9.59 Å². The number of carbonyl (C=O) groups is 2. The zero-order valence-corrected chi connectivity index (χ0v) is 15.5. The Balaban J connectivity index is 1.95. The van der Waals surface area contributed by atoms with Crippen LogP contribution in [0.2, 0.25) is 0 Å². The molecule has 0 saturated heterocycles. The second-order valence-corrected chi connectivity index (χ2v) is 6.07. The van der Waals surface area contributed by atoms with Crippen molar-refractivity contribution in [3.8, 4) is 11.5 Å². The van der Waals surface area contributed by atoms with Crippen molar-refractivity contribution in [1.82, 2.24) is 0 Å². The highest BCUT2D eigenvalue weighted by Crippen LogP contribution is 2.28. The van der Waals surface area contributed by atoms with Crippen LogP contribution in [0.15, 0.2) is 36.4 Å². The number of hydrogen-bond acceptors (Lipinski definition) is 4. The standard InChI is InChI=1S/C20H24N2O4/c1-13-9-14(2)11-17(10-13)26-8-7-20(24)22-18-12-16(21-15(3)23)5-6-19(18)25-4/h5-6,9-12H,7-8H2,1-4H3,(H,21,23)(H,22,24). The van der Waals surface area contributed by atoms with Gasteiger partial charge in [0.2, 0.25) is 11.8 Å². The van der Waals surface area contributed by atoms with E-state index in [2.05, 4.69) is 16.7 Å². The lowest BCUT2D eigenvalue weighted by atomic mass is 10.1. The van der Waals surface area contributed by atoms with Gasteiger partial charge < -0.3 is 20.1 Å². The lowest BCUT2D eigenvalue weighted by Crippen LogP contribution is -2.16. The second-order valence-electron chi connectivity index (χ2n) is 6.07. The zero-order valence-electron chi connectivity index (χ0n) is 15.5. The van der Waals surface area contributed by atoms with E-state index in [-0.39, 0.29) is 24.8 Å². The Hall–Kier alpha value is -3.02. The van der Waals surface area contributed by atoms with Gasteiger partial charge in [-0.15, -0.1) is 0 Å². The molecule has 26 heavy (non-hydrogen) atoms. The SMILES string of the molecule is COc1ccc(NC(C)=O)cc1NC(=O)CCOc1cc(C)cc(C)c1. The Morgan fingerprint density at radius 2 is 1.69 bits per heavy atom. The topological polar surface area (TPSA) is 76.7 Å². The molecular formula is C20H24N2O4. The van der Waals surface area contributed by atoms with E-state index in [1.807, 2.05) is 26.0 Å². The van der Waals surface area contributed by atoms with Crippen molar-refractivity contribution in [2.75, 3.05) is 24.4 Å². The van der Waals surface area contributed by atoms with Crippen LogP contribution in [-0.2, 0) is 9.59 Å². The fourth-order valence-corrected chi connectivity index (χ4v) is 2.58. The summed E-state index contributed by atoms with van der Waals surface area (Å²) < 4.78 is 10.9. The number of carbonyl (C=O) groups excluding carboxylic acids is 2. The maximum absolute atomic E-state index is 12.2. The quantitative estimate of drug-likeness (QED) is 0.793. The first-order valence-electron chi connectivity index (χ1n) is 8.34. The third kappa shape index (κ3) is 5.81. The summed E-state index contributed by atoms with van der Waals surface area (Å²) in [6, 6.07) is 11.0. The molecule has 138 valence electrons. The molecule has 6 nitrogen and oxygen atoms in total. The van der Waals surface area contributed by atoms with Crippen molar-refractivity contribution in [3.63, 3.8) is 0 Å². The number of benzene rings is 2. The third-order valence-electron chi connectivity index (χ3n) is 3.59. The fourth-order valence-electron chi connectivity index (χ4n) is 2.58. The van der Waals surface area contributed by atoms with Crippen molar-refractivity contribution >= 4 is 23.2 Å². The maximum atomic E-state index is 12.2. The summed E-state index contributed by atoms with van der Waals surface area (Å²) in [7, 11) is 1.52. The van der Waals surface area contributed by atoms with Gasteiger partial charge in [-0.05, 0) is 55.3 Å². The minimum Gasteiger partial charge on any atom is -0.495 e. The monoisotopic (exact) mass is 356 g/mol. The first-order chi connectivity index (χ1) is 12.4. The smallest absolute Gasteiger partial charge is 0.227 e. The van der Waals surface area contributed by atoms with Gasteiger partial charge in [0.25, 0.3) is 0 Å². The van der Waals surface area contributed by atoms with E-state index < -0.39 is 0 Å². The van der Waals surface area contributed by atoms with Gasteiger partial charge in [-0.1, -0.05) is 6.07 Å². The van der Waals surface area contributed by atoms with Crippen LogP contribution in [0.3, 0.4) is 0 Å². The summed E-state index contributed by atoms with van der Waals surface area (Å²) >= 11 is 0. The van der Waals surface area contributed by atoms with E-state index >= 15 is 0 Å². The minimum absolute atomic E-state index is 0.186.